The van der Waals surface area contributed by atoms with E-state index in [1.807, 2.05) is 48.8 Å². The van der Waals surface area contributed by atoms with Gasteiger partial charge in [-0.2, -0.15) is 0 Å². The van der Waals surface area contributed by atoms with Crippen molar-refractivity contribution >= 4 is 5.97 Å². The summed E-state index contributed by atoms with van der Waals surface area (Å²) >= 11 is 0. The molecule has 0 radical (unpaired) electrons. The molecule has 1 aromatic heterocycles. The van der Waals surface area contributed by atoms with Crippen molar-refractivity contribution in [3.63, 3.8) is 0 Å². The van der Waals surface area contributed by atoms with E-state index in [2.05, 4.69) is 23.0 Å². The molecule has 0 bridgehead atoms. The number of aromatic nitrogens is 1. The first-order valence-electron chi connectivity index (χ1n) is 9.29. The highest BCUT2D eigenvalue weighted by molar-refractivity contribution is 5.94. The number of aromatic carboxylic acids is 1. The van der Waals surface area contributed by atoms with Gasteiger partial charge in [-0.15, -0.1) is 0 Å². The summed E-state index contributed by atoms with van der Waals surface area (Å²) in [5, 5.41) is 18.7. The Kier molecular flexibility index (Phi) is 6.40. The van der Waals surface area contributed by atoms with Crippen LogP contribution in [0.3, 0.4) is 0 Å². The SMILES string of the molecule is CN1CCC[C@H]1c1cccnc1.O=C(O)c1cccc(-c2ccccc2)c1O. The van der Waals surface area contributed by atoms with Gasteiger partial charge in [-0.05, 0) is 49.7 Å². The fourth-order valence-electron chi connectivity index (χ4n) is 3.47. The van der Waals surface area contributed by atoms with Crippen molar-refractivity contribution in [1.82, 2.24) is 9.88 Å². The summed E-state index contributed by atoms with van der Waals surface area (Å²) in [7, 11) is 2.19. The van der Waals surface area contributed by atoms with Crippen LogP contribution in [-0.4, -0.2) is 39.7 Å². The zero-order chi connectivity index (χ0) is 19.9. The number of pyridine rings is 1. The molecule has 144 valence electrons. The maximum Gasteiger partial charge on any atom is 0.339 e. The van der Waals surface area contributed by atoms with Gasteiger partial charge in [0.25, 0.3) is 0 Å². The molecule has 1 atom stereocenters. The number of nitrogens with zero attached hydrogens (tertiary/aromatic N) is 2. The first kappa shape index (κ1) is 19.6. The summed E-state index contributed by atoms with van der Waals surface area (Å²) < 4.78 is 0. The topological polar surface area (TPSA) is 73.7 Å². The van der Waals surface area contributed by atoms with Crippen molar-refractivity contribution in [3.8, 4) is 16.9 Å². The molecule has 0 aliphatic carbocycles. The Bertz CT molecular complexity index is 914. The van der Waals surface area contributed by atoms with Gasteiger partial charge in [0.05, 0.1) is 0 Å². The molecule has 0 unspecified atom stereocenters. The van der Waals surface area contributed by atoms with Crippen LogP contribution in [0, 0.1) is 0 Å². The van der Waals surface area contributed by atoms with E-state index in [0.29, 0.717) is 11.6 Å². The number of carboxylic acids is 1. The average Bonchev–Trinajstić information content (AvgIpc) is 3.16. The standard InChI is InChI=1S/C13H10O3.C10H14N2/c14-12-10(9-5-2-1-3-6-9)7-4-8-11(12)13(15)16;1-12-7-3-5-10(12)9-4-2-6-11-8-9/h1-8,14H,(H,15,16);2,4,6,8,10H,3,5,7H2,1H3/t;10-/m.0/s1. The van der Waals surface area contributed by atoms with E-state index in [0.717, 1.165) is 5.56 Å². The third kappa shape index (κ3) is 4.56. The van der Waals surface area contributed by atoms with Crippen LogP contribution < -0.4 is 0 Å². The van der Waals surface area contributed by atoms with Crippen molar-refractivity contribution < 1.29 is 15.0 Å². The first-order valence-corrected chi connectivity index (χ1v) is 9.29. The quantitative estimate of drug-likeness (QED) is 0.698. The zero-order valence-electron chi connectivity index (χ0n) is 15.8. The van der Waals surface area contributed by atoms with E-state index < -0.39 is 5.97 Å². The molecule has 2 aromatic carbocycles. The third-order valence-electron chi connectivity index (χ3n) is 4.94. The van der Waals surface area contributed by atoms with Gasteiger partial charge in [0.2, 0.25) is 0 Å². The molecule has 5 heteroatoms. The number of rotatable bonds is 3. The lowest BCUT2D eigenvalue weighted by molar-refractivity contribution is 0.0694. The number of para-hydroxylation sites is 1. The molecular formula is C23H24N2O3. The molecule has 3 aromatic rings. The second-order valence-electron chi connectivity index (χ2n) is 6.80. The maximum atomic E-state index is 10.8. The highest BCUT2D eigenvalue weighted by Crippen LogP contribution is 2.32. The van der Waals surface area contributed by atoms with Gasteiger partial charge in [-0.25, -0.2) is 4.79 Å². The molecule has 0 saturated carbocycles. The van der Waals surface area contributed by atoms with Gasteiger partial charge < -0.3 is 10.2 Å². The van der Waals surface area contributed by atoms with Gasteiger partial charge >= 0.3 is 5.97 Å². The number of carbonyl (C=O) groups is 1. The Morgan fingerprint density at radius 1 is 1.07 bits per heavy atom. The maximum absolute atomic E-state index is 10.8. The summed E-state index contributed by atoms with van der Waals surface area (Å²) in [5.74, 6) is -1.32. The van der Waals surface area contributed by atoms with E-state index >= 15 is 0 Å². The lowest BCUT2D eigenvalue weighted by Crippen LogP contribution is -2.17. The van der Waals surface area contributed by atoms with Crippen LogP contribution in [0.2, 0.25) is 0 Å². The highest BCUT2D eigenvalue weighted by Gasteiger charge is 2.22. The second-order valence-corrected chi connectivity index (χ2v) is 6.80. The molecule has 4 rings (SSSR count). The van der Waals surface area contributed by atoms with Gasteiger partial charge in [0, 0.05) is 24.0 Å². The van der Waals surface area contributed by atoms with E-state index in [-0.39, 0.29) is 11.3 Å². The van der Waals surface area contributed by atoms with E-state index in [4.69, 9.17) is 5.11 Å². The number of hydrogen-bond acceptors (Lipinski definition) is 4. The lowest BCUT2D eigenvalue weighted by Gasteiger charge is -2.18. The number of likely N-dealkylation sites (tertiary alicyclic amines) is 1. The molecule has 0 amide bonds. The highest BCUT2D eigenvalue weighted by atomic mass is 16.4. The van der Waals surface area contributed by atoms with Crippen molar-refractivity contribution in [2.75, 3.05) is 13.6 Å². The van der Waals surface area contributed by atoms with Crippen LogP contribution in [-0.2, 0) is 0 Å². The normalized spacial score (nSPS) is 16.2. The smallest absolute Gasteiger partial charge is 0.339 e. The summed E-state index contributed by atoms with van der Waals surface area (Å²) in [6.45, 7) is 1.22. The Balaban J connectivity index is 0.000000167. The summed E-state index contributed by atoms with van der Waals surface area (Å²) in [6.07, 6.45) is 6.41. The fourth-order valence-corrected chi connectivity index (χ4v) is 3.47. The van der Waals surface area contributed by atoms with Crippen LogP contribution >= 0.6 is 0 Å². The molecule has 1 aliphatic heterocycles. The summed E-state index contributed by atoms with van der Waals surface area (Å²) in [6, 6.07) is 18.7. The number of benzene rings is 2. The summed E-state index contributed by atoms with van der Waals surface area (Å²) in [4.78, 5) is 17.4. The second kappa shape index (κ2) is 9.15. The van der Waals surface area contributed by atoms with Gasteiger partial charge in [0.15, 0.2) is 0 Å². The Hall–Kier alpha value is -3.18. The van der Waals surface area contributed by atoms with E-state index in [1.165, 1.54) is 31.0 Å². The van der Waals surface area contributed by atoms with Crippen LogP contribution in [0.1, 0.15) is 34.8 Å². The minimum atomic E-state index is -1.13. The molecule has 2 heterocycles. The van der Waals surface area contributed by atoms with Crippen molar-refractivity contribution in [3.05, 3.63) is 84.2 Å². The van der Waals surface area contributed by atoms with Crippen LogP contribution in [0.5, 0.6) is 5.75 Å². The van der Waals surface area contributed by atoms with Crippen molar-refractivity contribution in [2.45, 2.75) is 18.9 Å². The largest absolute Gasteiger partial charge is 0.506 e. The molecule has 5 nitrogen and oxygen atoms in total. The Morgan fingerprint density at radius 3 is 2.46 bits per heavy atom. The Morgan fingerprint density at radius 2 is 1.86 bits per heavy atom. The molecule has 28 heavy (non-hydrogen) atoms. The zero-order valence-corrected chi connectivity index (χ0v) is 15.8. The molecule has 1 fully saturated rings. The molecule has 1 aliphatic rings. The predicted molar refractivity (Wildman–Crippen MR) is 109 cm³/mol. The molecule has 1 saturated heterocycles. The number of carboxylic acid groups (broad SMARTS) is 1. The molecular weight excluding hydrogens is 352 g/mol. The van der Waals surface area contributed by atoms with E-state index in [1.54, 1.807) is 12.1 Å². The van der Waals surface area contributed by atoms with Crippen LogP contribution in [0.25, 0.3) is 11.1 Å². The van der Waals surface area contributed by atoms with Crippen LogP contribution in [0.4, 0.5) is 0 Å². The van der Waals surface area contributed by atoms with E-state index in [9.17, 15) is 9.90 Å². The molecule has 2 N–H and O–H groups in total. The Labute approximate surface area is 164 Å². The number of phenols is 1. The average molecular weight is 376 g/mol. The van der Waals surface area contributed by atoms with Gasteiger partial charge in [0.1, 0.15) is 11.3 Å². The first-order chi connectivity index (χ1) is 13.6. The number of hydrogen-bond donors (Lipinski definition) is 2. The van der Waals surface area contributed by atoms with Gasteiger partial charge in [-0.1, -0.05) is 48.5 Å². The lowest BCUT2D eigenvalue weighted by atomic mass is 10.0. The molecule has 0 spiro atoms. The van der Waals surface area contributed by atoms with Crippen molar-refractivity contribution in [2.24, 2.45) is 0 Å². The third-order valence-corrected chi connectivity index (χ3v) is 4.94. The monoisotopic (exact) mass is 376 g/mol. The summed E-state index contributed by atoms with van der Waals surface area (Å²) in [5.41, 5.74) is 2.60. The van der Waals surface area contributed by atoms with Crippen LogP contribution in [0.15, 0.2) is 73.1 Å². The minimum absolute atomic E-state index is 0.0821. The fraction of sp³-hybridized carbons (Fsp3) is 0.217. The van der Waals surface area contributed by atoms with Crippen molar-refractivity contribution in [1.29, 1.82) is 0 Å². The van der Waals surface area contributed by atoms with Gasteiger partial charge in [-0.3, -0.25) is 9.88 Å². The number of aromatic hydroxyl groups is 1. The predicted octanol–water partition coefficient (Wildman–Crippen LogP) is 4.61. The minimum Gasteiger partial charge on any atom is -0.506 e.